The summed E-state index contributed by atoms with van der Waals surface area (Å²) in [6.07, 6.45) is -3.33. The Kier molecular flexibility index (Phi) is 4.93. The van der Waals surface area contributed by atoms with Crippen LogP contribution in [0.15, 0.2) is 53.1 Å². The molecule has 0 fully saturated rings. The van der Waals surface area contributed by atoms with Crippen molar-refractivity contribution in [3.8, 4) is 11.5 Å². The summed E-state index contributed by atoms with van der Waals surface area (Å²) >= 11 is 11.7. The molecule has 0 unspecified atom stereocenters. The van der Waals surface area contributed by atoms with E-state index in [1.54, 1.807) is 0 Å². The Labute approximate surface area is 155 Å². The minimum Gasteiger partial charge on any atom is -0.444 e. The topological polar surface area (TPSA) is 55.1 Å². The monoisotopic (exact) mass is 400 g/mol. The normalized spacial score (nSPS) is 11.4. The first-order valence-electron chi connectivity index (χ1n) is 7.13. The molecule has 0 saturated heterocycles. The first kappa shape index (κ1) is 18.3. The fourth-order valence-corrected chi connectivity index (χ4v) is 2.66. The molecule has 1 aromatic heterocycles. The third-order valence-corrected chi connectivity index (χ3v) is 3.75. The lowest BCUT2D eigenvalue weighted by molar-refractivity contribution is -0.137. The van der Waals surface area contributed by atoms with Gasteiger partial charge in [-0.05, 0) is 42.5 Å². The van der Waals surface area contributed by atoms with Crippen molar-refractivity contribution in [2.24, 2.45) is 0 Å². The molecule has 26 heavy (non-hydrogen) atoms. The van der Waals surface area contributed by atoms with Gasteiger partial charge in [-0.2, -0.15) is 13.2 Å². The van der Waals surface area contributed by atoms with Crippen LogP contribution in [0.25, 0.3) is 11.5 Å². The number of alkyl halides is 3. The van der Waals surface area contributed by atoms with Crippen LogP contribution in [0.5, 0.6) is 0 Å². The van der Waals surface area contributed by atoms with Crippen LogP contribution in [-0.4, -0.2) is 10.9 Å². The Morgan fingerprint density at radius 3 is 2.23 bits per heavy atom. The lowest BCUT2D eigenvalue weighted by atomic mass is 10.1. The van der Waals surface area contributed by atoms with Crippen LogP contribution in [0.4, 0.5) is 18.9 Å². The highest BCUT2D eigenvalue weighted by Crippen LogP contribution is 2.31. The van der Waals surface area contributed by atoms with Crippen molar-refractivity contribution < 1.29 is 22.4 Å². The molecule has 0 aliphatic heterocycles. The molecule has 3 aromatic rings. The van der Waals surface area contributed by atoms with E-state index in [-0.39, 0.29) is 11.6 Å². The third kappa shape index (κ3) is 4.17. The van der Waals surface area contributed by atoms with Gasteiger partial charge in [0.25, 0.3) is 5.91 Å². The van der Waals surface area contributed by atoms with Crippen molar-refractivity contribution >= 4 is 34.8 Å². The first-order valence-corrected chi connectivity index (χ1v) is 7.88. The van der Waals surface area contributed by atoms with Crippen molar-refractivity contribution in [1.82, 2.24) is 4.98 Å². The van der Waals surface area contributed by atoms with Crippen LogP contribution < -0.4 is 5.32 Å². The van der Waals surface area contributed by atoms with E-state index in [9.17, 15) is 18.0 Å². The minimum absolute atomic E-state index is 0.0213. The Hall–Kier alpha value is -2.51. The van der Waals surface area contributed by atoms with E-state index in [1.165, 1.54) is 30.3 Å². The number of aromatic nitrogens is 1. The van der Waals surface area contributed by atoms with E-state index < -0.39 is 17.6 Å². The Morgan fingerprint density at radius 2 is 1.65 bits per heavy atom. The number of carbonyl (C=O) groups is 1. The maximum atomic E-state index is 12.6. The molecule has 0 aliphatic rings. The van der Waals surface area contributed by atoms with E-state index in [1.807, 2.05) is 0 Å². The van der Waals surface area contributed by atoms with E-state index in [2.05, 4.69) is 10.3 Å². The molecule has 1 N–H and O–H groups in total. The van der Waals surface area contributed by atoms with Crippen LogP contribution >= 0.6 is 23.2 Å². The molecule has 9 heteroatoms. The van der Waals surface area contributed by atoms with Gasteiger partial charge < -0.3 is 9.73 Å². The zero-order valence-electron chi connectivity index (χ0n) is 12.8. The summed E-state index contributed by atoms with van der Waals surface area (Å²) in [5.74, 6) is -0.557. The molecule has 0 radical (unpaired) electrons. The predicted octanol–water partition coefficient (Wildman–Crippen LogP) is 5.92. The van der Waals surface area contributed by atoms with Gasteiger partial charge in [-0.15, -0.1) is 0 Å². The first-order chi connectivity index (χ1) is 12.2. The molecule has 0 saturated carbocycles. The van der Waals surface area contributed by atoms with Gasteiger partial charge in [0.2, 0.25) is 5.89 Å². The highest BCUT2D eigenvalue weighted by molar-refractivity contribution is 6.35. The van der Waals surface area contributed by atoms with Crippen LogP contribution in [0.3, 0.4) is 0 Å². The van der Waals surface area contributed by atoms with Crippen molar-refractivity contribution in [1.29, 1.82) is 0 Å². The SMILES string of the molecule is O=C(Nc1cc(Cl)cc(Cl)c1)c1coc(-c2ccc(C(F)(F)F)cc2)n1. The largest absolute Gasteiger partial charge is 0.444 e. The summed E-state index contributed by atoms with van der Waals surface area (Å²) in [6, 6.07) is 8.77. The van der Waals surface area contributed by atoms with Gasteiger partial charge >= 0.3 is 6.18 Å². The third-order valence-electron chi connectivity index (χ3n) is 3.32. The van der Waals surface area contributed by atoms with Crippen LogP contribution in [0, 0.1) is 0 Å². The molecule has 3 rings (SSSR count). The molecule has 2 aromatic carbocycles. The lowest BCUT2D eigenvalue weighted by Crippen LogP contribution is -2.12. The number of rotatable bonds is 3. The van der Waals surface area contributed by atoms with E-state index >= 15 is 0 Å². The van der Waals surface area contributed by atoms with Crippen molar-refractivity contribution in [2.75, 3.05) is 5.32 Å². The van der Waals surface area contributed by atoms with Gasteiger partial charge in [0, 0.05) is 21.3 Å². The Balaban J connectivity index is 1.77. The smallest absolute Gasteiger partial charge is 0.416 e. The number of hydrogen-bond acceptors (Lipinski definition) is 3. The molecular formula is C17H9Cl2F3N2O2. The molecule has 1 amide bonds. The molecule has 4 nitrogen and oxygen atoms in total. The van der Waals surface area contributed by atoms with Gasteiger partial charge in [-0.25, -0.2) is 4.98 Å². The maximum absolute atomic E-state index is 12.6. The summed E-state index contributed by atoms with van der Waals surface area (Å²) in [6.45, 7) is 0. The van der Waals surface area contributed by atoms with Gasteiger partial charge in [0.05, 0.1) is 5.56 Å². The fraction of sp³-hybridized carbons (Fsp3) is 0.0588. The van der Waals surface area contributed by atoms with E-state index in [4.69, 9.17) is 27.6 Å². The van der Waals surface area contributed by atoms with Gasteiger partial charge in [-0.1, -0.05) is 23.2 Å². The molecule has 0 atom stereocenters. The number of oxazole rings is 1. The summed E-state index contributed by atoms with van der Waals surface area (Å²) in [5, 5.41) is 3.25. The van der Waals surface area contributed by atoms with E-state index in [0.29, 0.717) is 21.3 Å². The average Bonchev–Trinajstić information content (AvgIpc) is 3.03. The van der Waals surface area contributed by atoms with Crippen LogP contribution in [-0.2, 0) is 6.18 Å². The highest BCUT2D eigenvalue weighted by atomic mass is 35.5. The fourth-order valence-electron chi connectivity index (χ4n) is 2.13. The number of hydrogen-bond donors (Lipinski definition) is 1. The number of benzene rings is 2. The van der Waals surface area contributed by atoms with Crippen molar-refractivity contribution in [2.45, 2.75) is 6.18 Å². The second kappa shape index (κ2) is 7.01. The van der Waals surface area contributed by atoms with Crippen LogP contribution in [0.2, 0.25) is 10.0 Å². The molecule has 134 valence electrons. The van der Waals surface area contributed by atoms with Gasteiger partial charge in [0.15, 0.2) is 5.69 Å². The summed E-state index contributed by atoms with van der Waals surface area (Å²) in [5.41, 5.74) is -0.158. The zero-order valence-corrected chi connectivity index (χ0v) is 14.3. The summed E-state index contributed by atoms with van der Waals surface area (Å²) in [7, 11) is 0. The second-order valence-electron chi connectivity index (χ2n) is 5.23. The number of carbonyl (C=O) groups excluding carboxylic acids is 1. The van der Waals surface area contributed by atoms with Crippen LogP contribution in [0.1, 0.15) is 16.1 Å². The average molecular weight is 401 g/mol. The zero-order chi connectivity index (χ0) is 18.9. The van der Waals surface area contributed by atoms with Gasteiger partial charge in [-0.3, -0.25) is 4.79 Å². The number of nitrogens with one attached hydrogen (secondary N) is 1. The van der Waals surface area contributed by atoms with Crippen molar-refractivity contribution in [3.05, 3.63) is 70.0 Å². The maximum Gasteiger partial charge on any atom is 0.416 e. The molecule has 0 spiro atoms. The summed E-state index contributed by atoms with van der Waals surface area (Å²) in [4.78, 5) is 16.2. The predicted molar refractivity (Wildman–Crippen MR) is 91.4 cm³/mol. The van der Waals surface area contributed by atoms with E-state index in [0.717, 1.165) is 18.4 Å². The Bertz CT molecular complexity index is 933. The lowest BCUT2D eigenvalue weighted by Gasteiger charge is -2.06. The minimum atomic E-state index is -4.43. The molecule has 0 bridgehead atoms. The number of nitrogens with zero attached hydrogens (tertiary/aromatic N) is 1. The van der Waals surface area contributed by atoms with Gasteiger partial charge in [0.1, 0.15) is 6.26 Å². The molecular weight excluding hydrogens is 392 g/mol. The number of amides is 1. The second-order valence-corrected chi connectivity index (χ2v) is 6.10. The quantitative estimate of drug-likeness (QED) is 0.593. The Morgan fingerprint density at radius 1 is 1.04 bits per heavy atom. The standard InChI is InChI=1S/C17H9Cl2F3N2O2/c18-11-5-12(19)7-13(6-11)23-15(25)14-8-26-16(24-14)9-1-3-10(4-2-9)17(20,21)22/h1-8H,(H,23,25). The summed E-state index contributed by atoms with van der Waals surface area (Å²) < 4.78 is 42.9. The number of halogens is 5. The molecule has 1 heterocycles. The molecule has 0 aliphatic carbocycles. The number of anilines is 1. The van der Waals surface area contributed by atoms with Crippen molar-refractivity contribution in [3.63, 3.8) is 0 Å². The highest BCUT2D eigenvalue weighted by Gasteiger charge is 2.30.